The number of hydrogen-bond donors (Lipinski definition) is 0. The second-order valence-electron chi connectivity index (χ2n) is 8.04. The molecule has 2 aromatic carbocycles. The zero-order valence-electron chi connectivity index (χ0n) is 18.4. The second kappa shape index (κ2) is 10.2. The first-order valence-electron chi connectivity index (χ1n) is 11.0. The van der Waals surface area contributed by atoms with E-state index in [9.17, 15) is 14.0 Å². The van der Waals surface area contributed by atoms with Gasteiger partial charge in [-0.25, -0.2) is 4.39 Å². The molecule has 1 atom stereocenters. The van der Waals surface area contributed by atoms with Crippen LogP contribution in [0.25, 0.3) is 11.1 Å². The Balaban J connectivity index is 1.65. The molecule has 5 nitrogen and oxygen atoms in total. The van der Waals surface area contributed by atoms with E-state index < -0.39 is 11.9 Å². The fourth-order valence-corrected chi connectivity index (χ4v) is 4.30. The first-order valence-corrected chi connectivity index (χ1v) is 11.0. The predicted octanol–water partition coefficient (Wildman–Crippen LogP) is 3.90. The topological polar surface area (TPSA) is 53.5 Å². The number of carbonyl (C=O) groups excluding carboxylic acids is 2. The molecule has 2 amide bonds. The standard InChI is InChI=1S/C27H26FN3O2/c1-2-15-30-16-17-31(26(32)19-22-8-4-6-10-24(22)28)25(27(30)33)18-21-7-3-5-9-23(21)20-11-13-29-14-12-20/h2-14,25H,1,15-19H2/t25-/m1/s1. The summed E-state index contributed by atoms with van der Waals surface area (Å²) in [6, 6.07) is 17.3. The smallest absolute Gasteiger partial charge is 0.246 e. The molecule has 6 heteroatoms. The van der Waals surface area contributed by atoms with Crippen LogP contribution in [0.2, 0.25) is 0 Å². The minimum atomic E-state index is -0.666. The summed E-state index contributed by atoms with van der Waals surface area (Å²) < 4.78 is 14.2. The number of rotatable bonds is 7. The summed E-state index contributed by atoms with van der Waals surface area (Å²) >= 11 is 0. The van der Waals surface area contributed by atoms with Gasteiger partial charge in [0.05, 0.1) is 6.42 Å². The Labute approximate surface area is 193 Å². The van der Waals surface area contributed by atoms with Crippen molar-refractivity contribution in [2.24, 2.45) is 0 Å². The van der Waals surface area contributed by atoms with Crippen molar-refractivity contribution >= 4 is 11.8 Å². The van der Waals surface area contributed by atoms with Crippen molar-refractivity contribution in [1.82, 2.24) is 14.8 Å². The Morgan fingerprint density at radius 3 is 2.45 bits per heavy atom. The quantitative estimate of drug-likeness (QED) is 0.521. The summed E-state index contributed by atoms with van der Waals surface area (Å²) in [7, 11) is 0. The van der Waals surface area contributed by atoms with E-state index in [0.29, 0.717) is 31.6 Å². The third kappa shape index (κ3) is 5.00. The van der Waals surface area contributed by atoms with Crippen molar-refractivity contribution in [3.05, 3.63) is 103 Å². The van der Waals surface area contributed by atoms with E-state index in [1.54, 1.807) is 46.5 Å². The third-order valence-corrected chi connectivity index (χ3v) is 5.98. The van der Waals surface area contributed by atoms with E-state index in [-0.39, 0.29) is 18.2 Å². The van der Waals surface area contributed by atoms with Crippen molar-refractivity contribution in [3.8, 4) is 11.1 Å². The molecule has 0 radical (unpaired) electrons. The molecule has 33 heavy (non-hydrogen) atoms. The number of halogens is 1. The molecule has 0 bridgehead atoms. The van der Waals surface area contributed by atoms with Crippen molar-refractivity contribution in [1.29, 1.82) is 0 Å². The highest BCUT2D eigenvalue weighted by molar-refractivity contribution is 5.90. The molecule has 1 fully saturated rings. The fraction of sp³-hybridized carbons (Fsp3) is 0.222. The Morgan fingerprint density at radius 1 is 1.03 bits per heavy atom. The number of aromatic nitrogens is 1. The molecular formula is C27H26FN3O2. The normalized spacial score (nSPS) is 16.0. The number of piperazine rings is 1. The Hall–Kier alpha value is -3.80. The van der Waals surface area contributed by atoms with Gasteiger partial charge in [0, 0.05) is 38.4 Å². The lowest BCUT2D eigenvalue weighted by atomic mass is 9.93. The van der Waals surface area contributed by atoms with Crippen LogP contribution in [0.4, 0.5) is 4.39 Å². The van der Waals surface area contributed by atoms with Gasteiger partial charge in [-0.2, -0.15) is 0 Å². The lowest BCUT2D eigenvalue weighted by Gasteiger charge is -2.40. The number of benzene rings is 2. The lowest BCUT2D eigenvalue weighted by Crippen LogP contribution is -2.59. The van der Waals surface area contributed by atoms with Crippen LogP contribution < -0.4 is 0 Å². The van der Waals surface area contributed by atoms with Crippen molar-refractivity contribution in [2.75, 3.05) is 19.6 Å². The first kappa shape index (κ1) is 22.4. The molecule has 0 aliphatic carbocycles. The number of pyridine rings is 1. The van der Waals surface area contributed by atoms with E-state index in [1.165, 1.54) is 6.07 Å². The van der Waals surface area contributed by atoms with Crippen LogP contribution >= 0.6 is 0 Å². The van der Waals surface area contributed by atoms with Crippen molar-refractivity contribution in [2.45, 2.75) is 18.9 Å². The average Bonchev–Trinajstić information content (AvgIpc) is 2.84. The van der Waals surface area contributed by atoms with Gasteiger partial charge in [0.15, 0.2) is 0 Å². The minimum absolute atomic E-state index is 0.0795. The molecule has 4 rings (SSSR count). The maximum absolute atomic E-state index is 14.2. The molecule has 1 aromatic heterocycles. The van der Waals surface area contributed by atoms with Gasteiger partial charge in [-0.15, -0.1) is 6.58 Å². The van der Waals surface area contributed by atoms with Gasteiger partial charge < -0.3 is 9.80 Å². The molecule has 1 saturated heterocycles. The summed E-state index contributed by atoms with van der Waals surface area (Å²) in [5, 5.41) is 0. The van der Waals surface area contributed by atoms with Gasteiger partial charge in [0.25, 0.3) is 0 Å². The number of carbonyl (C=O) groups is 2. The summed E-state index contributed by atoms with van der Waals surface area (Å²) in [4.78, 5) is 34.1. The Kier molecular flexibility index (Phi) is 6.93. The summed E-state index contributed by atoms with van der Waals surface area (Å²) in [5.41, 5.74) is 3.29. The van der Waals surface area contributed by atoms with Crippen LogP contribution in [0.5, 0.6) is 0 Å². The molecular weight excluding hydrogens is 417 g/mol. The van der Waals surface area contributed by atoms with Gasteiger partial charge in [0.2, 0.25) is 11.8 Å². The molecule has 2 heterocycles. The van der Waals surface area contributed by atoms with Gasteiger partial charge in [-0.05, 0) is 40.5 Å². The van der Waals surface area contributed by atoms with Gasteiger partial charge in [0.1, 0.15) is 11.9 Å². The van der Waals surface area contributed by atoms with E-state index >= 15 is 0 Å². The van der Waals surface area contributed by atoms with Gasteiger partial charge in [-0.3, -0.25) is 14.6 Å². The number of amides is 2. The number of nitrogens with zero attached hydrogens (tertiary/aromatic N) is 3. The predicted molar refractivity (Wildman–Crippen MR) is 126 cm³/mol. The van der Waals surface area contributed by atoms with Gasteiger partial charge >= 0.3 is 0 Å². The highest BCUT2D eigenvalue weighted by atomic mass is 19.1. The molecule has 0 N–H and O–H groups in total. The Bertz CT molecular complexity index is 1150. The van der Waals surface area contributed by atoms with Gasteiger partial charge in [-0.1, -0.05) is 48.5 Å². The SMILES string of the molecule is C=CCN1CCN(C(=O)Cc2ccccc2F)[C@H](Cc2ccccc2-c2ccncc2)C1=O. The molecule has 3 aromatic rings. The highest BCUT2D eigenvalue weighted by Crippen LogP contribution is 2.27. The van der Waals surface area contributed by atoms with Crippen LogP contribution in [0.3, 0.4) is 0 Å². The zero-order valence-corrected chi connectivity index (χ0v) is 18.4. The van der Waals surface area contributed by atoms with E-state index in [1.807, 2.05) is 36.4 Å². The van der Waals surface area contributed by atoms with E-state index in [4.69, 9.17) is 0 Å². The zero-order chi connectivity index (χ0) is 23.2. The maximum atomic E-state index is 14.2. The van der Waals surface area contributed by atoms with Crippen LogP contribution in [0.15, 0.2) is 85.7 Å². The summed E-state index contributed by atoms with van der Waals surface area (Å²) in [6.07, 6.45) is 5.44. The monoisotopic (exact) mass is 443 g/mol. The Morgan fingerprint density at radius 2 is 1.73 bits per heavy atom. The number of hydrogen-bond acceptors (Lipinski definition) is 3. The molecule has 0 spiro atoms. The van der Waals surface area contributed by atoms with Crippen LogP contribution in [-0.2, 0) is 22.4 Å². The molecule has 1 aliphatic heterocycles. The average molecular weight is 444 g/mol. The third-order valence-electron chi connectivity index (χ3n) is 5.98. The van der Waals surface area contributed by atoms with Crippen LogP contribution in [0.1, 0.15) is 11.1 Å². The van der Waals surface area contributed by atoms with Crippen molar-refractivity contribution < 1.29 is 14.0 Å². The minimum Gasteiger partial charge on any atom is -0.335 e. The molecule has 0 saturated carbocycles. The molecule has 1 aliphatic rings. The largest absolute Gasteiger partial charge is 0.335 e. The maximum Gasteiger partial charge on any atom is 0.246 e. The first-order chi connectivity index (χ1) is 16.1. The van der Waals surface area contributed by atoms with Crippen molar-refractivity contribution in [3.63, 3.8) is 0 Å². The fourth-order valence-electron chi connectivity index (χ4n) is 4.30. The van der Waals surface area contributed by atoms with Crippen LogP contribution in [-0.4, -0.2) is 52.3 Å². The molecule has 168 valence electrons. The van der Waals surface area contributed by atoms with E-state index in [0.717, 1.165) is 16.7 Å². The lowest BCUT2D eigenvalue weighted by molar-refractivity contribution is -0.150. The second-order valence-corrected chi connectivity index (χ2v) is 8.04. The van der Waals surface area contributed by atoms with Crippen LogP contribution in [0, 0.1) is 5.82 Å². The highest BCUT2D eigenvalue weighted by Gasteiger charge is 2.37. The summed E-state index contributed by atoms with van der Waals surface area (Å²) in [6.45, 7) is 5.00. The summed E-state index contributed by atoms with van der Waals surface area (Å²) in [5.74, 6) is -0.785. The van der Waals surface area contributed by atoms with E-state index in [2.05, 4.69) is 11.6 Å². The molecule has 0 unspecified atom stereocenters.